The molecule has 2 aromatic rings. The van der Waals surface area contributed by atoms with Gasteiger partial charge in [-0.15, -0.1) is 0 Å². The number of rotatable bonds is 4. The summed E-state index contributed by atoms with van der Waals surface area (Å²) >= 11 is 1.58. The van der Waals surface area contributed by atoms with Crippen LogP contribution in [0.25, 0.3) is 16.8 Å². The molecule has 0 saturated carbocycles. The summed E-state index contributed by atoms with van der Waals surface area (Å²) in [5, 5.41) is 18.3. The van der Waals surface area contributed by atoms with Crippen LogP contribution in [0.2, 0.25) is 0 Å². The second kappa shape index (κ2) is 10.8. The Balaban J connectivity index is 0.000000695. The van der Waals surface area contributed by atoms with Crippen molar-refractivity contribution in [3.05, 3.63) is 52.0 Å². The Bertz CT molecular complexity index is 1220. The van der Waals surface area contributed by atoms with E-state index in [4.69, 9.17) is 5.11 Å². The third kappa shape index (κ3) is 6.37. The van der Waals surface area contributed by atoms with E-state index in [0.717, 1.165) is 64.0 Å². The van der Waals surface area contributed by atoms with E-state index in [-0.39, 0.29) is 23.7 Å². The molecule has 1 aliphatic heterocycles. The maximum Gasteiger partial charge on any atom is 0.307 e. The smallest absolute Gasteiger partial charge is 0.307 e. The molecule has 1 aromatic carbocycles. The predicted molar refractivity (Wildman–Crippen MR) is 152 cm³/mol. The summed E-state index contributed by atoms with van der Waals surface area (Å²) in [6, 6.07) is 1.51. The normalized spacial score (nSPS) is 18.3. The van der Waals surface area contributed by atoms with Gasteiger partial charge >= 0.3 is 5.97 Å². The fourth-order valence-electron chi connectivity index (χ4n) is 5.27. The highest BCUT2D eigenvalue weighted by molar-refractivity contribution is 8.00. The fourth-order valence-corrected chi connectivity index (χ4v) is 6.11. The summed E-state index contributed by atoms with van der Waals surface area (Å²) in [5.41, 5.74) is 8.61. The molecular weight excluding hydrogens is 487 g/mol. The molecule has 2 N–H and O–H groups in total. The highest BCUT2D eigenvalue weighted by atomic mass is 32.2. The lowest BCUT2D eigenvalue weighted by Crippen LogP contribution is -2.27. The van der Waals surface area contributed by atoms with Gasteiger partial charge in [-0.2, -0.15) is 0 Å². The monoisotopic (exact) mass is 528 g/mol. The molecule has 2 aliphatic rings. The molecule has 0 radical (unpaired) electrons. The van der Waals surface area contributed by atoms with E-state index in [0.29, 0.717) is 0 Å². The largest absolute Gasteiger partial charge is 0.481 e. The van der Waals surface area contributed by atoms with E-state index in [1.165, 1.54) is 11.8 Å². The first kappa shape index (κ1) is 29.2. The van der Waals surface area contributed by atoms with Gasteiger partial charge in [0.1, 0.15) is 5.82 Å². The van der Waals surface area contributed by atoms with Gasteiger partial charge < -0.3 is 14.5 Å². The molecule has 1 atom stereocenters. The SMILES string of the molecule is CC(C)(C)O.CSN1c2c(C)c(CC(=O)O)c(C3=CCC(C)(C)CC3)c(C)c2-c2ncc(F)cc2C1C. The van der Waals surface area contributed by atoms with Gasteiger partial charge in [-0.3, -0.25) is 9.78 Å². The van der Waals surface area contributed by atoms with Crippen LogP contribution in [0.1, 0.15) is 94.7 Å². The summed E-state index contributed by atoms with van der Waals surface area (Å²) in [6.07, 6.45) is 8.52. The topological polar surface area (TPSA) is 73.7 Å². The molecule has 5 nitrogen and oxygen atoms in total. The minimum atomic E-state index is -0.828. The van der Waals surface area contributed by atoms with Gasteiger partial charge in [-0.1, -0.05) is 31.9 Å². The van der Waals surface area contributed by atoms with Crippen molar-refractivity contribution in [1.29, 1.82) is 0 Å². The zero-order valence-corrected chi connectivity index (χ0v) is 24.4. The Kier molecular flexibility index (Phi) is 8.50. The van der Waals surface area contributed by atoms with E-state index in [9.17, 15) is 14.3 Å². The summed E-state index contributed by atoms with van der Waals surface area (Å²) < 4.78 is 16.3. The molecule has 0 fully saturated rings. The lowest BCUT2D eigenvalue weighted by molar-refractivity contribution is -0.136. The number of fused-ring (bicyclic) bond motifs is 3. The van der Waals surface area contributed by atoms with Crippen molar-refractivity contribution >= 4 is 29.2 Å². The molecule has 2 heterocycles. The minimum absolute atomic E-state index is 0.0175. The van der Waals surface area contributed by atoms with Gasteiger partial charge in [0, 0.05) is 17.4 Å². The summed E-state index contributed by atoms with van der Waals surface area (Å²) in [6.45, 7) is 15.9. The van der Waals surface area contributed by atoms with Crippen molar-refractivity contribution < 1.29 is 19.4 Å². The van der Waals surface area contributed by atoms with Crippen molar-refractivity contribution in [3.63, 3.8) is 0 Å². The van der Waals surface area contributed by atoms with Crippen molar-refractivity contribution in [2.75, 3.05) is 10.6 Å². The van der Waals surface area contributed by atoms with Crippen molar-refractivity contribution in [2.45, 2.75) is 92.7 Å². The Morgan fingerprint density at radius 3 is 2.38 bits per heavy atom. The number of anilines is 1. The van der Waals surface area contributed by atoms with Gasteiger partial charge in [0.05, 0.1) is 35.6 Å². The van der Waals surface area contributed by atoms with Gasteiger partial charge in [0.15, 0.2) is 0 Å². The number of allylic oxidation sites excluding steroid dienone is 2. The first-order chi connectivity index (χ1) is 17.1. The number of benzene rings is 1. The maximum atomic E-state index is 14.1. The summed E-state index contributed by atoms with van der Waals surface area (Å²) in [7, 11) is 0. The van der Waals surface area contributed by atoms with Crippen LogP contribution in [0.5, 0.6) is 0 Å². The van der Waals surface area contributed by atoms with E-state index in [1.807, 2.05) is 20.1 Å². The number of hydrogen-bond donors (Lipinski definition) is 2. The van der Waals surface area contributed by atoms with Crippen LogP contribution in [-0.4, -0.2) is 33.0 Å². The molecule has 1 aliphatic carbocycles. The van der Waals surface area contributed by atoms with Crippen LogP contribution in [0, 0.1) is 25.1 Å². The Labute approximate surface area is 225 Å². The lowest BCUT2D eigenvalue weighted by atomic mass is 9.74. The zero-order valence-electron chi connectivity index (χ0n) is 23.6. The number of halogens is 1. The number of carbonyl (C=O) groups is 1. The minimum Gasteiger partial charge on any atom is -0.481 e. The molecule has 0 amide bonds. The molecule has 7 heteroatoms. The third-order valence-corrected chi connectivity index (χ3v) is 7.95. The number of nitrogens with zero attached hydrogens (tertiary/aromatic N) is 2. The van der Waals surface area contributed by atoms with Crippen LogP contribution >= 0.6 is 11.9 Å². The number of pyridine rings is 1. The third-order valence-electron chi connectivity index (χ3n) is 7.06. The number of aliphatic carboxylic acids is 1. The Hall–Kier alpha value is -2.38. The number of carboxylic acid groups (broad SMARTS) is 1. The van der Waals surface area contributed by atoms with Crippen LogP contribution < -0.4 is 4.31 Å². The van der Waals surface area contributed by atoms with Crippen molar-refractivity contribution in [2.24, 2.45) is 5.41 Å². The molecular formula is C30H41FN2O3S. The summed E-state index contributed by atoms with van der Waals surface area (Å²) in [5.74, 6) is -1.17. The number of carboxylic acids is 1. The molecule has 1 unspecified atom stereocenters. The second-order valence-electron chi connectivity index (χ2n) is 11.9. The van der Waals surface area contributed by atoms with Crippen LogP contribution in [0.4, 0.5) is 10.1 Å². The average molecular weight is 529 g/mol. The molecule has 0 bridgehead atoms. The highest BCUT2D eigenvalue weighted by Crippen LogP contribution is 2.53. The molecule has 4 rings (SSSR count). The van der Waals surface area contributed by atoms with Crippen LogP contribution in [0.3, 0.4) is 0 Å². The standard InChI is InChI=1S/C26H31FN2O2S.C4H10O/c1-14-19(12-21(30)31)22(17-7-9-26(4,5)10-8-17)15(2)23-24-20(11-18(27)13-28-24)16(3)29(32-6)25(14)23;1-4(2,3)5/h7,11,13,16H,8-10,12H2,1-6H3,(H,30,31);5H,1-3H3. The van der Waals surface area contributed by atoms with Crippen molar-refractivity contribution in [1.82, 2.24) is 4.98 Å². The van der Waals surface area contributed by atoms with Gasteiger partial charge in [0.25, 0.3) is 0 Å². The van der Waals surface area contributed by atoms with Gasteiger partial charge in [-0.05, 0) is 100 Å². The molecule has 1 aromatic heterocycles. The number of hydrogen-bond acceptors (Lipinski definition) is 5. The summed E-state index contributed by atoms with van der Waals surface area (Å²) in [4.78, 5) is 16.4. The van der Waals surface area contributed by atoms with E-state index >= 15 is 0 Å². The zero-order chi connectivity index (χ0) is 27.9. The first-order valence-electron chi connectivity index (χ1n) is 12.8. The average Bonchev–Trinajstić information content (AvgIpc) is 2.77. The van der Waals surface area contributed by atoms with Crippen LogP contribution in [0.15, 0.2) is 18.3 Å². The predicted octanol–water partition coefficient (Wildman–Crippen LogP) is 7.66. The quantitative estimate of drug-likeness (QED) is 0.397. The number of aliphatic hydroxyl groups is 1. The second-order valence-corrected chi connectivity index (χ2v) is 12.7. The Morgan fingerprint density at radius 2 is 1.86 bits per heavy atom. The molecule has 202 valence electrons. The molecule has 37 heavy (non-hydrogen) atoms. The Morgan fingerprint density at radius 1 is 1.24 bits per heavy atom. The lowest BCUT2D eigenvalue weighted by Gasteiger charge is -2.40. The maximum absolute atomic E-state index is 14.1. The first-order valence-corrected chi connectivity index (χ1v) is 14.0. The van der Waals surface area contributed by atoms with Gasteiger partial charge in [-0.25, -0.2) is 4.39 Å². The number of aromatic nitrogens is 1. The van der Waals surface area contributed by atoms with E-state index in [2.05, 4.69) is 36.1 Å². The van der Waals surface area contributed by atoms with Crippen LogP contribution in [-0.2, 0) is 11.2 Å². The van der Waals surface area contributed by atoms with E-state index < -0.39 is 11.6 Å². The molecule has 0 saturated heterocycles. The fraction of sp³-hybridized carbons (Fsp3) is 0.533. The van der Waals surface area contributed by atoms with Gasteiger partial charge in [0.2, 0.25) is 0 Å². The molecule has 0 spiro atoms. The van der Waals surface area contributed by atoms with E-state index in [1.54, 1.807) is 38.8 Å². The van der Waals surface area contributed by atoms with Crippen molar-refractivity contribution in [3.8, 4) is 11.3 Å². The highest BCUT2D eigenvalue weighted by Gasteiger charge is 2.36.